The van der Waals surface area contributed by atoms with Gasteiger partial charge in [0, 0.05) is 18.7 Å². The minimum Gasteiger partial charge on any atom is -0.457 e. The molecule has 0 aliphatic carbocycles. The van der Waals surface area contributed by atoms with Crippen LogP contribution in [-0.2, 0) is 16.1 Å². The zero-order valence-corrected chi connectivity index (χ0v) is 20.3. The van der Waals surface area contributed by atoms with Gasteiger partial charge in [0.1, 0.15) is 18.1 Å². The van der Waals surface area contributed by atoms with Gasteiger partial charge in [0.2, 0.25) is 5.91 Å². The average molecular weight is 504 g/mol. The molecule has 9 nitrogen and oxygen atoms in total. The fraction of sp³-hybridized carbons (Fsp3) is 0.250. The van der Waals surface area contributed by atoms with Crippen LogP contribution in [0.3, 0.4) is 0 Å². The number of nitrogens with zero attached hydrogens (tertiary/aromatic N) is 1. The van der Waals surface area contributed by atoms with Crippen molar-refractivity contribution >= 4 is 17.9 Å². The third-order valence-corrected chi connectivity index (χ3v) is 6.28. The second kappa shape index (κ2) is 12.0. The molecule has 1 aliphatic rings. The van der Waals surface area contributed by atoms with Crippen LogP contribution >= 0.6 is 0 Å². The summed E-state index contributed by atoms with van der Waals surface area (Å²) in [5.74, 6) is 0.284. The molecule has 9 heteroatoms. The van der Waals surface area contributed by atoms with Crippen LogP contribution < -0.4 is 15.5 Å². The number of benzene rings is 3. The van der Waals surface area contributed by atoms with E-state index >= 15 is 0 Å². The molecule has 0 bridgehead atoms. The molecule has 1 fully saturated rings. The molecule has 4 rings (SSSR count). The molecule has 1 saturated heterocycles. The maximum absolute atomic E-state index is 13.1. The van der Waals surface area contributed by atoms with Crippen molar-refractivity contribution < 1.29 is 29.1 Å². The lowest BCUT2D eigenvalue weighted by atomic mass is 9.83. The van der Waals surface area contributed by atoms with Crippen molar-refractivity contribution in [3.05, 3.63) is 96.1 Å². The van der Waals surface area contributed by atoms with Gasteiger partial charge < -0.3 is 19.7 Å². The van der Waals surface area contributed by atoms with E-state index in [4.69, 9.17) is 14.7 Å². The number of likely N-dealkylation sites (tertiary alicyclic amines) is 1. The van der Waals surface area contributed by atoms with E-state index < -0.39 is 17.5 Å². The summed E-state index contributed by atoms with van der Waals surface area (Å²) in [6, 6.07) is 25.4. The number of carbonyl (C=O) groups excluding carboxylic acids is 3. The maximum Gasteiger partial charge on any atom is 0.410 e. The number of piperidine rings is 1. The highest BCUT2D eigenvalue weighted by Gasteiger charge is 2.39. The Kier molecular flexibility index (Phi) is 8.37. The smallest absolute Gasteiger partial charge is 0.410 e. The van der Waals surface area contributed by atoms with E-state index in [1.165, 1.54) is 0 Å². The van der Waals surface area contributed by atoms with Crippen molar-refractivity contribution in [2.24, 2.45) is 0 Å². The summed E-state index contributed by atoms with van der Waals surface area (Å²) < 4.78 is 11.2. The zero-order valence-electron chi connectivity index (χ0n) is 20.3. The SMILES string of the molecule is O=C(CC1(NC(=O)c2ccc(Oc3ccccc3)cc2)CCN(C(=O)OCc2ccccc2)CC1)NO. The first-order valence-electron chi connectivity index (χ1n) is 12.0. The van der Waals surface area contributed by atoms with Gasteiger partial charge in [-0.2, -0.15) is 0 Å². The highest BCUT2D eigenvalue weighted by Crippen LogP contribution is 2.28. The van der Waals surface area contributed by atoms with Gasteiger partial charge in [-0.15, -0.1) is 0 Å². The van der Waals surface area contributed by atoms with Crippen molar-refractivity contribution in [2.45, 2.75) is 31.4 Å². The molecule has 0 saturated carbocycles. The molecular weight excluding hydrogens is 474 g/mol. The van der Waals surface area contributed by atoms with E-state index in [-0.39, 0.29) is 32.0 Å². The molecule has 0 aromatic heterocycles. The standard InChI is InChI=1S/C28H29N3O6/c32-25(30-35)19-28(15-17-31(18-16-28)27(34)36-20-21-7-3-1-4-8-21)29-26(33)22-11-13-24(14-12-22)37-23-9-5-2-6-10-23/h1-14,35H,15-20H2,(H,29,33)(H,30,32). The molecule has 37 heavy (non-hydrogen) atoms. The van der Waals surface area contributed by atoms with E-state index in [1.54, 1.807) is 34.6 Å². The lowest BCUT2D eigenvalue weighted by Gasteiger charge is -2.41. The molecule has 1 heterocycles. The second-order valence-corrected chi connectivity index (χ2v) is 8.91. The summed E-state index contributed by atoms with van der Waals surface area (Å²) in [6.07, 6.45) is 0.0606. The van der Waals surface area contributed by atoms with Gasteiger partial charge in [0.15, 0.2) is 0 Å². The average Bonchev–Trinajstić information content (AvgIpc) is 2.93. The molecule has 0 unspecified atom stereocenters. The predicted octanol–water partition coefficient (Wildman–Crippen LogP) is 4.28. The third-order valence-electron chi connectivity index (χ3n) is 6.28. The molecule has 0 radical (unpaired) electrons. The lowest BCUT2D eigenvalue weighted by molar-refractivity contribution is -0.131. The van der Waals surface area contributed by atoms with Crippen molar-refractivity contribution in [1.82, 2.24) is 15.7 Å². The number of nitrogens with one attached hydrogen (secondary N) is 2. The van der Waals surface area contributed by atoms with Gasteiger partial charge in [-0.3, -0.25) is 14.8 Å². The number of ether oxygens (including phenoxy) is 2. The van der Waals surface area contributed by atoms with E-state index in [1.807, 2.05) is 60.7 Å². The quantitative estimate of drug-likeness (QED) is 0.312. The number of hydrogen-bond donors (Lipinski definition) is 3. The van der Waals surface area contributed by atoms with E-state index in [2.05, 4.69) is 5.32 Å². The summed E-state index contributed by atoms with van der Waals surface area (Å²) in [5.41, 5.74) is 1.99. The molecule has 192 valence electrons. The molecular formula is C28H29N3O6. The number of rotatable bonds is 8. The van der Waals surface area contributed by atoms with Crippen LogP contribution in [-0.4, -0.2) is 46.6 Å². The Morgan fingerprint density at radius 2 is 1.43 bits per heavy atom. The van der Waals surface area contributed by atoms with Crippen molar-refractivity contribution in [3.63, 3.8) is 0 Å². The second-order valence-electron chi connectivity index (χ2n) is 8.91. The zero-order chi connectivity index (χ0) is 26.1. The minimum absolute atomic E-state index is 0.128. The van der Waals surface area contributed by atoms with Gasteiger partial charge in [-0.1, -0.05) is 48.5 Å². The van der Waals surface area contributed by atoms with Gasteiger partial charge in [-0.05, 0) is 54.8 Å². The molecule has 1 aliphatic heterocycles. The first-order chi connectivity index (χ1) is 18.0. The first kappa shape index (κ1) is 25.7. The summed E-state index contributed by atoms with van der Waals surface area (Å²) in [4.78, 5) is 39.3. The van der Waals surface area contributed by atoms with Crippen LogP contribution in [0.25, 0.3) is 0 Å². The molecule has 3 amide bonds. The monoisotopic (exact) mass is 503 g/mol. The van der Waals surface area contributed by atoms with Crippen molar-refractivity contribution in [3.8, 4) is 11.5 Å². The van der Waals surface area contributed by atoms with Crippen molar-refractivity contribution in [2.75, 3.05) is 13.1 Å². The summed E-state index contributed by atoms with van der Waals surface area (Å²) in [5, 5.41) is 12.1. The number of hydroxylamine groups is 1. The summed E-state index contributed by atoms with van der Waals surface area (Å²) in [6.45, 7) is 0.738. The Morgan fingerprint density at radius 3 is 2.05 bits per heavy atom. The highest BCUT2D eigenvalue weighted by molar-refractivity contribution is 5.95. The third kappa shape index (κ3) is 7.08. The summed E-state index contributed by atoms with van der Waals surface area (Å²) in [7, 11) is 0. The van der Waals surface area contributed by atoms with Gasteiger partial charge in [0.25, 0.3) is 5.91 Å². The first-order valence-corrected chi connectivity index (χ1v) is 12.0. The topological polar surface area (TPSA) is 117 Å². The van der Waals surface area contributed by atoms with Crippen LogP contribution in [0.2, 0.25) is 0 Å². The fourth-order valence-electron chi connectivity index (χ4n) is 4.23. The van der Waals surface area contributed by atoms with E-state index in [0.29, 0.717) is 29.9 Å². The Labute approximate surface area is 215 Å². The van der Waals surface area contributed by atoms with E-state index in [0.717, 1.165) is 5.56 Å². The molecule has 3 N–H and O–H groups in total. The van der Waals surface area contributed by atoms with Crippen LogP contribution in [0, 0.1) is 0 Å². The Morgan fingerprint density at radius 1 is 0.838 bits per heavy atom. The number of carbonyl (C=O) groups is 3. The molecule has 0 spiro atoms. The predicted molar refractivity (Wildman–Crippen MR) is 135 cm³/mol. The minimum atomic E-state index is -0.931. The van der Waals surface area contributed by atoms with Crippen molar-refractivity contribution in [1.29, 1.82) is 0 Å². The van der Waals surface area contributed by atoms with Gasteiger partial charge in [-0.25, -0.2) is 10.3 Å². The van der Waals surface area contributed by atoms with Gasteiger partial charge in [0.05, 0.1) is 12.0 Å². The molecule has 0 atom stereocenters. The van der Waals surface area contributed by atoms with Crippen LogP contribution in [0.5, 0.6) is 11.5 Å². The number of hydrogen-bond acceptors (Lipinski definition) is 6. The normalized spacial score (nSPS) is 14.4. The Hall–Kier alpha value is -4.37. The van der Waals surface area contributed by atoms with Crippen LogP contribution in [0.1, 0.15) is 35.2 Å². The fourth-order valence-corrected chi connectivity index (χ4v) is 4.23. The van der Waals surface area contributed by atoms with Gasteiger partial charge >= 0.3 is 6.09 Å². The molecule has 3 aromatic rings. The lowest BCUT2D eigenvalue weighted by Crippen LogP contribution is -2.57. The van der Waals surface area contributed by atoms with E-state index in [9.17, 15) is 14.4 Å². The number of amides is 3. The van der Waals surface area contributed by atoms with Crippen LogP contribution in [0.4, 0.5) is 4.79 Å². The largest absolute Gasteiger partial charge is 0.457 e. The van der Waals surface area contributed by atoms with Crippen LogP contribution in [0.15, 0.2) is 84.9 Å². The Bertz CT molecular complexity index is 1190. The Balaban J connectivity index is 1.37. The summed E-state index contributed by atoms with van der Waals surface area (Å²) >= 11 is 0. The number of para-hydroxylation sites is 1. The molecule has 3 aromatic carbocycles. The maximum atomic E-state index is 13.1. The highest BCUT2D eigenvalue weighted by atomic mass is 16.6.